The Hall–Kier alpha value is -0.780. The van der Waals surface area contributed by atoms with Crippen molar-refractivity contribution < 1.29 is 0 Å². The lowest BCUT2D eigenvalue weighted by Crippen LogP contribution is -2.08. The van der Waals surface area contributed by atoms with E-state index in [1.54, 1.807) is 22.7 Å². The first kappa shape index (κ1) is 11.7. The van der Waals surface area contributed by atoms with Crippen LogP contribution in [-0.4, -0.2) is 23.8 Å². The Morgan fingerprint density at radius 2 is 2.19 bits per heavy atom. The van der Waals surface area contributed by atoms with Gasteiger partial charge in [-0.05, 0) is 31.5 Å². The molecule has 0 amide bonds. The zero-order valence-corrected chi connectivity index (χ0v) is 10.9. The predicted octanol–water partition coefficient (Wildman–Crippen LogP) is 2.34. The van der Waals surface area contributed by atoms with Gasteiger partial charge in [0, 0.05) is 17.7 Å². The molecule has 1 N–H and O–H groups in total. The van der Waals surface area contributed by atoms with E-state index < -0.39 is 0 Å². The summed E-state index contributed by atoms with van der Waals surface area (Å²) in [5.74, 6) is 0. The number of thiophene rings is 1. The summed E-state index contributed by atoms with van der Waals surface area (Å²) in [4.78, 5) is 1.36. The fourth-order valence-electron chi connectivity index (χ4n) is 1.44. The highest BCUT2D eigenvalue weighted by Gasteiger charge is 2.05. The van der Waals surface area contributed by atoms with Gasteiger partial charge in [0.2, 0.25) is 0 Å². The normalized spacial score (nSPS) is 10.8. The third kappa shape index (κ3) is 3.37. The van der Waals surface area contributed by atoms with Gasteiger partial charge in [0.1, 0.15) is 10.0 Å². The van der Waals surface area contributed by atoms with Crippen molar-refractivity contribution in [1.82, 2.24) is 15.5 Å². The molecule has 0 saturated heterocycles. The summed E-state index contributed by atoms with van der Waals surface area (Å²) < 4.78 is 0. The van der Waals surface area contributed by atoms with Crippen LogP contribution in [0.15, 0.2) is 17.5 Å². The average Bonchev–Trinajstić information content (AvgIpc) is 2.91. The third-order valence-electron chi connectivity index (χ3n) is 2.23. The van der Waals surface area contributed by atoms with Gasteiger partial charge >= 0.3 is 0 Å². The van der Waals surface area contributed by atoms with Crippen LogP contribution in [0.1, 0.15) is 21.3 Å². The van der Waals surface area contributed by atoms with Crippen LogP contribution in [-0.2, 0) is 12.8 Å². The van der Waals surface area contributed by atoms with Gasteiger partial charge in [-0.1, -0.05) is 6.07 Å². The Bertz CT molecular complexity index is 409. The standard InChI is InChI=1S/C11H15N3S2/c1-12-6-2-5-10-13-14-11(16-10)8-9-4-3-7-15-9/h3-4,7,12H,2,5-6,8H2,1H3. The number of rotatable bonds is 6. The first-order valence-corrected chi connectivity index (χ1v) is 7.06. The topological polar surface area (TPSA) is 37.8 Å². The molecule has 86 valence electrons. The average molecular weight is 253 g/mol. The van der Waals surface area contributed by atoms with Gasteiger partial charge in [-0.15, -0.1) is 32.9 Å². The molecule has 0 aliphatic carbocycles. The van der Waals surface area contributed by atoms with E-state index in [1.807, 2.05) is 7.05 Å². The number of aromatic nitrogens is 2. The largest absolute Gasteiger partial charge is 0.320 e. The van der Waals surface area contributed by atoms with Crippen molar-refractivity contribution in [1.29, 1.82) is 0 Å². The maximum absolute atomic E-state index is 4.22. The van der Waals surface area contributed by atoms with Gasteiger partial charge in [0.15, 0.2) is 0 Å². The summed E-state index contributed by atoms with van der Waals surface area (Å²) in [7, 11) is 1.97. The number of nitrogens with zero attached hydrogens (tertiary/aromatic N) is 2. The zero-order valence-electron chi connectivity index (χ0n) is 9.27. The molecule has 0 saturated carbocycles. The highest BCUT2D eigenvalue weighted by atomic mass is 32.1. The van der Waals surface area contributed by atoms with Gasteiger partial charge in [-0.25, -0.2) is 0 Å². The number of hydrogen-bond acceptors (Lipinski definition) is 5. The van der Waals surface area contributed by atoms with Crippen molar-refractivity contribution in [2.24, 2.45) is 0 Å². The van der Waals surface area contributed by atoms with E-state index in [2.05, 4.69) is 33.0 Å². The van der Waals surface area contributed by atoms with Crippen LogP contribution in [0.2, 0.25) is 0 Å². The Labute approximate surface area is 104 Å². The number of aryl methyl sites for hydroxylation is 1. The molecule has 2 aromatic rings. The molecule has 16 heavy (non-hydrogen) atoms. The van der Waals surface area contributed by atoms with Crippen LogP contribution in [0, 0.1) is 0 Å². The SMILES string of the molecule is CNCCCc1nnc(Cc2cccs2)s1. The Morgan fingerprint density at radius 1 is 1.31 bits per heavy atom. The van der Waals surface area contributed by atoms with Crippen molar-refractivity contribution in [3.63, 3.8) is 0 Å². The van der Waals surface area contributed by atoms with Crippen molar-refractivity contribution in [2.75, 3.05) is 13.6 Å². The van der Waals surface area contributed by atoms with Gasteiger partial charge < -0.3 is 5.32 Å². The lowest BCUT2D eigenvalue weighted by Gasteiger charge is -1.94. The van der Waals surface area contributed by atoms with Gasteiger partial charge in [-0.3, -0.25) is 0 Å². The third-order valence-corrected chi connectivity index (χ3v) is 4.09. The molecule has 0 bridgehead atoms. The Morgan fingerprint density at radius 3 is 2.94 bits per heavy atom. The predicted molar refractivity (Wildman–Crippen MR) is 69.3 cm³/mol. The van der Waals surface area contributed by atoms with E-state index in [9.17, 15) is 0 Å². The summed E-state index contributed by atoms with van der Waals surface area (Å²) in [6.07, 6.45) is 3.09. The van der Waals surface area contributed by atoms with E-state index in [4.69, 9.17) is 0 Å². The molecular weight excluding hydrogens is 238 g/mol. The maximum atomic E-state index is 4.22. The molecule has 2 rings (SSSR count). The van der Waals surface area contributed by atoms with Crippen molar-refractivity contribution in [3.05, 3.63) is 32.4 Å². The second-order valence-corrected chi connectivity index (χ2v) is 5.73. The monoisotopic (exact) mass is 253 g/mol. The number of hydrogen-bond donors (Lipinski definition) is 1. The molecule has 0 atom stereocenters. The summed E-state index contributed by atoms with van der Waals surface area (Å²) in [6.45, 7) is 1.04. The molecule has 3 nitrogen and oxygen atoms in total. The fraction of sp³-hybridized carbons (Fsp3) is 0.455. The molecule has 0 fully saturated rings. The fourth-order valence-corrected chi connectivity index (χ4v) is 3.15. The van der Waals surface area contributed by atoms with Crippen LogP contribution < -0.4 is 5.32 Å². The molecule has 0 aliphatic rings. The summed E-state index contributed by atoms with van der Waals surface area (Å²) in [5.41, 5.74) is 0. The molecule has 5 heteroatoms. The van der Waals surface area contributed by atoms with Crippen molar-refractivity contribution in [2.45, 2.75) is 19.3 Å². The second-order valence-electron chi connectivity index (χ2n) is 3.55. The highest BCUT2D eigenvalue weighted by molar-refractivity contribution is 7.12. The minimum absolute atomic E-state index is 0.932. The molecule has 2 aromatic heterocycles. The minimum Gasteiger partial charge on any atom is -0.320 e. The highest BCUT2D eigenvalue weighted by Crippen LogP contribution is 2.18. The molecule has 0 unspecified atom stereocenters. The summed E-state index contributed by atoms with van der Waals surface area (Å²) in [6, 6.07) is 4.22. The quantitative estimate of drug-likeness (QED) is 0.803. The minimum atomic E-state index is 0.932. The molecule has 0 aliphatic heterocycles. The van der Waals surface area contributed by atoms with E-state index in [0.717, 1.165) is 35.8 Å². The summed E-state index contributed by atoms with van der Waals surface area (Å²) in [5, 5.41) is 16.0. The molecular formula is C11H15N3S2. The van der Waals surface area contributed by atoms with Crippen molar-refractivity contribution in [3.8, 4) is 0 Å². The second kappa shape index (κ2) is 6.08. The van der Waals surface area contributed by atoms with Gasteiger partial charge in [0.25, 0.3) is 0 Å². The van der Waals surface area contributed by atoms with Crippen LogP contribution in [0.4, 0.5) is 0 Å². The van der Waals surface area contributed by atoms with Gasteiger partial charge in [-0.2, -0.15) is 0 Å². The smallest absolute Gasteiger partial charge is 0.122 e. The van der Waals surface area contributed by atoms with Crippen LogP contribution in [0.25, 0.3) is 0 Å². The van der Waals surface area contributed by atoms with Gasteiger partial charge in [0.05, 0.1) is 0 Å². The van der Waals surface area contributed by atoms with E-state index in [0.29, 0.717) is 0 Å². The molecule has 0 aromatic carbocycles. The van der Waals surface area contributed by atoms with Crippen LogP contribution >= 0.6 is 22.7 Å². The first-order valence-electron chi connectivity index (χ1n) is 5.36. The first-order chi connectivity index (χ1) is 7.88. The van der Waals surface area contributed by atoms with E-state index in [1.165, 1.54) is 4.88 Å². The molecule has 2 heterocycles. The summed E-state index contributed by atoms with van der Waals surface area (Å²) >= 11 is 3.52. The lowest BCUT2D eigenvalue weighted by atomic mass is 10.3. The maximum Gasteiger partial charge on any atom is 0.122 e. The zero-order chi connectivity index (χ0) is 11.2. The number of nitrogens with one attached hydrogen (secondary N) is 1. The van der Waals surface area contributed by atoms with Crippen LogP contribution in [0.3, 0.4) is 0 Å². The molecule has 0 radical (unpaired) electrons. The van der Waals surface area contributed by atoms with E-state index in [-0.39, 0.29) is 0 Å². The Balaban J connectivity index is 1.87. The van der Waals surface area contributed by atoms with E-state index >= 15 is 0 Å². The Kier molecular flexibility index (Phi) is 4.44. The van der Waals surface area contributed by atoms with Crippen LogP contribution in [0.5, 0.6) is 0 Å². The lowest BCUT2D eigenvalue weighted by molar-refractivity contribution is 0.717. The molecule has 0 spiro atoms. The van der Waals surface area contributed by atoms with Crippen molar-refractivity contribution >= 4 is 22.7 Å².